The predicted molar refractivity (Wildman–Crippen MR) is 64.7 cm³/mol. The topological polar surface area (TPSA) is 48.4 Å². The van der Waals surface area contributed by atoms with Crippen LogP contribution in [0.3, 0.4) is 0 Å². The van der Waals surface area contributed by atoms with Gasteiger partial charge in [0, 0.05) is 16.8 Å². The van der Waals surface area contributed by atoms with Gasteiger partial charge in [-0.2, -0.15) is 0 Å². The number of benzene rings is 2. The number of nitrogen functional groups attached to an aromatic ring is 1. The monoisotopic (exact) mass is 213 g/mol. The molecule has 1 heterocycles. The Bertz CT molecular complexity index is 670. The lowest BCUT2D eigenvalue weighted by atomic mass is 10.1. The number of anilines is 1. The van der Waals surface area contributed by atoms with Crippen LogP contribution in [0, 0.1) is 0 Å². The second kappa shape index (κ2) is 3.17. The SMILES string of the molecule is COc1cc2oc3ccccc3c2cc1N. The van der Waals surface area contributed by atoms with Gasteiger partial charge in [0.25, 0.3) is 0 Å². The van der Waals surface area contributed by atoms with Crippen LogP contribution in [0.2, 0.25) is 0 Å². The maximum atomic E-state index is 5.88. The molecular formula is C13H11NO2. The molecule has 0 aliphatic heterocycles. The van der Waals surface area contributed by atoms with Gasteiger partial charge in [-0.15, -0.1) is 0 Å². The van der Waals surface area contributed by atoms with Crippen LogP contribution in [0.4, 0.5) is 5.69 Å². The highest BCUT2D eigenvalue weighted by molar-refractivity contribution is 6.06. The van der Waals surface area contributed by atoms with E-state index in [-0.39, 0.29) is 0 Å². The summed E-state index contributed by atoms with van der Waals surface area (Å²) in [4.78, 5) is 0. The summed E-state index contributed by atoms with van der Waals surface area (Å²) in [5.41, 5.74) is 8.17. The van der Waals surface area contributed by atoms with Crippen LogP contribution in [-0.2, 0) is 0 Å². The normalized spacial score (nSPS) is 11.1. The van der Waals surface area contributed by atoms with Crippen molar-refractivity contribution in [3.63, 3.8) is 0 Å². The van der Waals surface area contributed by atoms with Crippen molar-refractivity contribution < 1.29 is 9.15 Å². The third-order valence-electron chi connectivity index (χ3n) is 2.73. The van der Waals surface area contributed by atoms with Crippen molar-refractivity contribution in [3.8, 4) is 5.75 Å². The standard InChI is InChI=1S/C13H11NO2/c1-15-13-7-12-9(6-10(13)14)8-4-2-3-5-11(8)16-12/h2-7H,14H2,1H3. The highest BCUT2D eigenvalue weighted by Crippen LogP contribution is 2.34. The van der Waals surface area contributed by atoms with Crippen LogP contribution in [0.15, 0.2) is 40.8 Å². The summed E-state index contributed by atoms with van der Waals surface area (Å²) in [5, 5.41) is 2.10. The van der Waals surface area contributed by atoms with E-state index in [0.29, 0.717) is 11.4 Å². The van der Waals surface area contributed by atoms with Crippen molar-refractivity contribution in [1.82, 2.24) is 0 Å². The van der Waals surface area contributed by atoms with Crippen molar-refractivity contribution in [2.75, 3.05) is 12.8 Å². The lowest BCUT2D eigenvalue weighted by Gasteiger charge is -2.02. The molecule has 3 aromatic rings. The van der Waals surface area contributed by atoms with Gasteiger partial charge in [0.2, 0.25) is 0 Å². The molecule has 0 atom stereocenters. The predicted octanol–water partition coefficient (Wildman–Crippen LogP) is 3.18. The van der Waals surface area contributed by atoms with Crippen molar-refractivity contribution in [2.45, 2.75) is 0 Å². The molecule has 0 unspecified atom stereocenters. The van der Waals surface area contributed by atoms with E-state index in [1.54, 1.807) is 7.11 Å². The van der Waals surface area contributed by atoms with Gasteiger partial charge in [0.1, 0.15) is 16.9 Å². The molecule has 3 rings (SSSR count). The molecule has 2 aromatic carbocycles. The lowest BCUT2D eigenvalue weighted by molar-refractivity contribution is 0.417. The van der Waals surface area contributed by atoms with E-state index in [9.17, 15) is 0 Å². The highest BCUT2D eigenvalue weighted by atomic mass is 16.5. The summed E-state index contributed by atoms with van der Waals surface area (Å²) < 4.78 is 10.9. The molecular weight excluding hydrogens is 202 g/mol. The average Bonchev–Trinajstić information content (AvgIpc) is 2.66. The molecule has 0 aliphatic carbocycles. The minimum atomic E-state index is 0.626. The molecule has 0 radical (unpaired) electrons. The number of para-hydroxylation sites is 1. The zero-order chi connectivity index (χ0) is 11.1. The van der Waals surface area contributed by atoms with E-state index in [0.717, 1.165) is 21.9 Å². The van der Waals surface area contributed by atoms with Crippen molar-refractivity contribution >= 4 is 27.6 Å². The summed E-state index contributed by atoms with van der Waals surface area (Å²) in [6, 6.07) is 11.6. The average molecular weight is 213 g/mol. The smallest absolute Gasteiger partial charge is 0.145 e. The summed E-state index contributed by atoms with van der Waals surface area (Å²) in [6.45, 7) is 0. The maximum Gasteiger partial charge on any atom is 0.145 e. The van der Waals surface area contributed by atoms with Gasteiger partial charge >= 0.3 is 0 Å². The Balaban J connectivity index is 2.46. The highest BCUT2D eigenvalue weighted by Gasteiger charge is 2.09. The first-order valence-electron chi connectivity index (χ1n) is 5.04. The molecule has 0 spiro atoms. The second-order valence-corrected chi connectivity index (χ2v) is 3.69. The van der Waals surface area contributed by atoms with Crippen molar-refractivity contribution in [3.05, 3.63) is 36.4 Å². The van der Waals surface area contributed by atoms with Crippen molar-refractivity contribution in [2.24, 2.45) is 0 Å². The van der Waals surface area contributed by atoms with Gasteiger partial charge in [-0.1, -0.05) is 18.2 Å². The van der Waals surface area contributed by atoms with Crippen LogP contribution in [0.5, 0.6) is 5.75 Å². The molecule has 2 N–H and O–H groups in total. The third kappa shape index (κ3) is 1.15. The molecule has 1 aromatic heterocycles. The second-order valence-electron chi connectivity index (χ2n) is 3.69. The molecule has 0 bridgehead atoms. The zero-order valence-corrected chi connectivity index (χ0v) is 8.86. The molecule has 0 saturated carbocycles. The third-order valence-corrected chi connectivity index (χ3v) is 2.73. The molecule has 0 saturated heterocycles. The van der Waals surface area contributed by atoms with Crippen LogP contribution in [0.25, 0.3) is 21.9 Å². The summed E-state index contributed by atoms with van der Waals surface area (Å²) in [7, 11) is 1.60. The van der Waals surface area contributed by atoms with E-state index in [2.05, 4.69) is 0 Å². The van der Waals surface area contributed by atoms with Gasteiger partial charge in [-0.3, -0.25) is 0 Å². The summed E-state index contributed by atoms with van der Waals surface area (Å²) >= 11 is 0. The number of ether oxygens (including phenoxy) is 1. The van der Waals surface area contributed by atoms with E-state index in [1.165, 1.54) is 0 Å². The van der Waals surface area contributed by atoms with E-state index in [1.807, 2.05) is 36.4 Å². The first kappa shape index (κ1) is 9.09. The quantitative estimate of drug-likeness (QED) is 0.631. The Kier molecular flexibility index (Phi) is 1.80. The summed E-state index contributed by atoms with van der Waals surface area (Å²) in [5.74, 6) is 0.645. The van der Waals surface area contributed by atoms with E-state index >= 15 is 0 Å². The first-order chi connectivity index (χ1) is 7.79. The van der Waals surface area contributed by atoms with Gasteiger partial charge < -0.3 is 14.9 Å². The van der Waals surface area contributed by atoms with Crippen LogP contribution < -0.4 is 10.5 Å². The minimum Gasteiger partial charge on any atom is -0.494 e. The number of nitrogens with two attached hydrogens (primary N) is 1. The minimum absolute atomic E-state index is 0.626. The first-order valence-corrected chi connectivity index (χ1v) is 5.04. The van der Waals surface area contributed by atoms with Crippen LogP contribution >= 0.6 is 0 Å². The van der Waals surface area contributed by atoms with Gasteiger partial charge in [0.05, 0.1) is 12.8 Å². The van der Waals surface area contributed by atoms with Crippen molar-refractivity contribution in [1.29, 1.82) is 0 Å². The number of hydrogen-bond acceptors (Lipinski definition) is 3. The Hall–Kier alpha value is -2.16. The largest absolute Gasteiger partial charge is 0.494 e. The number of methoxy groups -OCH3 is 1. The number of fused-ring (bicyclic) bond motifs is 3. The fourth-order valence-corrected chi connectivity index (χ4v) is 1.95. The van der Waals surface area contributed by atoms with Crippen LogP contribution in [0.1, 0.15) is 0 Å². The molecule has 3 heteroatoms. The number of furan rings is 1. The molecule has 3 nitrogen and oxygen atoms in total. The maximum absolute atomic E-state index is 5.88. The molecule has 16 heavy (non-hydrogen) atoms. The van der Waals surface area contributed by atoms with Crippen LogP contribution in [-0.4, -0.2) is 7.11 Å². The summed E-state index contributed by atoms with van der Waals surface area (Å²) in [6.07, 6.45) is 0. The Morgan fingerprint density at radius 2 is 1.88 bits per heavy atom. The Morgan fingerprint density at radius 3 is 2.69 bits per heavy atom. The van der Waals surface area contributed by atoms with Gasteiger partial charge in [-0.25, -0.2) is 0 Å². The fourth-order valence-electron chi connectivity index (χ4n) is 1.95. The lowest BCUT2D eigenvalue weighted by Crippen LogP contribution is -1.91. The van der Waals surface area contributed by atoms with E-state index in [4.69, 9.17) is 14.9 Å². The molecule has 80 valence electrons. The fraction of sp³-hybridized carbons (Fsp3) is 0.0769. The number of rotatable bonds is 1. The number of hydrogen-bond donors (Lipinski definition) is 1. The van der Waals surface area contributed by atoms with E-state index < -0.39 is 0 Å². The molecule has 0 amide bonds. The zero-order valence-electron chi connectivity index (χ0n) is 8.86. The molecule has 0 aliphatic rings. The van der Waals surface area contributed by atoms with Gasteiger partial charge in [0.15, 0.2) is 0 Å². The Morgan fingerprint density at radius 1 is 1.06 bits per heavy atom. The molecule has 0 fully saturated rings. The Labute approximate surface area is 92.4 Å². The van der Waals surface area contributed by atoms with Gasteiger partial charge in [-0.05, 0) is 12.1 Å².